The number of carboxylic acids is 1. The molecule has 20 heavy (non-hydrogen) atoms. The smallest absolute Gasteiger partial charge is 0.334 e. The first-order valence-corrected chi connectivity index (χ1v) is 6.84. The predicted octanol–water partition coefficient (Wildman–Crippen LogP) is 1.00. The highest BCUT2D eigenvalue weighted by molar-refractivity contribution is 8.00. The van der Waals surface area contributed by atoms with Crippen LogP contribution in [0.4, 0.5) is 0 Å². The van der Waals surface area contributed by atoms with Crippen LogP contribution in [-0.2, 0) is 14.3 Å². The summed E-state index contributed by atoms with van der Waals surface area (Å²) in [6.07, 6.45) is -1.03. The molecule has 0 saturated heterocycles. The van der Waals surface area contributed by atoms with E-state index in [1.54, 1.807) is 7.11 Å². The van der Waals surface area contributed by atoms with Gasteiger partial charge in [0.1, 0.15) is 5.75 Å². The van der Waals surface area contributed by atoms with E-state index in [4.69, 9.17) is 14.6 Å². The Kier molecular flexibility index (Phi) is 6.89. The minimum Gasteiger partial charge on any atom is -0.497 e. The Hall–Kier alpha value is -1.73. The predicted molar refractivity (Wildman–Crippen MR) is 75.2 cm³/mol. The summed E-state index contributed by atoms with van der Waals surface area (Å²) in [5.41, 5.74) is 0. The van der Waals surface area contributed by atoms with Crippen LogP contribution < -0.4 is 10.1 Å². The monoisotopic (exact) mass is 299 g/mol. The summed E-state index contributed by atoms with van der Waals surface area (Å²) in [6, 6.07) is 7.35. The van der Waals surface area contributed by atoms with Gasteiger partial charge in [-0.05, 0) is 18.2 Å². The van der Waals surface area contributed by atoms with Gasteiger partial charge in [0.05, 0.1) is 19.4 Å². The Balaban J connectivity index is 2.37. The Morgan fingerprint density at radius 3 is 2.75 bits per heavy atom. The number of hydrogen-bond donors (Lipinski definition) is 2. The van der Waals surface area contributed by atoms with Gasteiger partial charge in [-0.15, -0.1) is 11.8 Å². The molecule has 0 fully saturated rings. The van der Waals surface area contributed by atoms with Crippen LogP contribution in [0, 0.1) is 0 Å². The van der Waals surface area contributed by atoms with Gasteiger partial charge in [-0.1, -0.05) is 6.07 Å². The molecule has 0 aliphatic heterocycles. The number of ether oxygens (including phenoxy) is 2. The van der Waals surface area contributed by atoms with Crippen molar-refractivity contribution in [2.45, 2.75) is 11.0 Å². The van der Waals surface area contributed by atoms with E-state index in [1.165, 1.54) is 18.9 Å². The molecule has 0 aliphatic rings. The number of amides is 1. The van der Waals surface area contributed by atoms with Crippen LogP contribution in [0.15, 0.2) is 29.2 Å². The number of rotatable bonds is 8. The molecule has 1 aromatic carbocycles. The van der Waals surface area contributed by atoms with Crippen molar-refractivity contribution in [1.29, 1.82) is 0 Å². The van der Waals surface area contributed by atoms with Crippen molar-refractivity contribution in [3.8, 4) is 5.75 Å². The molecular formula is C13H17NO5S. The molecule has 110 valence electrons. The van der Waals surface area contributed by atoms with Crippen LogP contribution in [0.2, 0.25) is 0 Å². The highest BCUT2D eigenvalue weighted by atomic mass is 32.2. The minimum absolute atomic E-state index is 0.0522. The van der Waals surface area contributed by atoms with Crippen LogP contribution in [0.5, 0.6) is 5.75 Å². The normalized spacial score (nSPS) is 11.7. The first-order chi connectivity index (χ1) is 9.56. The Labute approximate surface area is 121 Å². The van der Waals surface area contributed by atoms with E-state index >= 15 is 0 Å². The number of hydrogen-bond acceptors (Lipinski definition) is 5. The zero-order valence-corrected chi connectivity index (χ0v) is 12.1. The van der Waals surface area contributed by atoms with Crippen molar-refractivity contribution < 1.29 is 24.2 Å². The molecule has 0 bridgehead atoms. The van der Waals surface area contributed by atoms with Crippen LogP contribution >= 0.6 is 11.8 Å². The number of carbonyl (C=O) groups excluding carboxylic acids is 1. The summed E-state index contributed by atoms with van der Waals surface area (Å²) in [5, 5.41) is 11.3. The lowest BCUT2D eigenvalue weighted by molar-refractivity contribution is -0.148. The van der Waals surface area contributed by atoms with E-state index in [-0.39, 0.29) is 18.2 Å². The molecule has 1 atom stereocenters. The fourth-order valence-electron chi connectivity index (χ4n) is 1.37. The number of benzene rings is 1. The van der Waals surface area contributed by atoms with Crippen LogP contribution in [0.25, 0.3) is 0 Å². The lowest BCUT2D eigenvalue weighted by Crippen LogP contribution is -2.38. The molecule has 2 N–H and O–H groups in total. The molecule has 0 aliphatic carbocycles. The molecule has 0 spiro atoms. The first-order valence-electron chi connectivity index (χ1n) is 5.86. The third kappa shape index (κ3) is 5.50. The molecule has 0 heterocycles. The third-order valence-corrected chi connectivity index (χ3v) is 3.45. The van der Waals surface area contributed by atoms with Crippen LogP contribution in [-0.4, -0.2) is 49.6 Å². The second kappa shape index (κ2) is 8.44. The molecule has 1 aromatic rings. The van der Waals surface area contributed by atoms with E-state index in [2.05, 4.69) is 5.32 Å². The van der Waals surface area contributed by atoms with Crippen molar-refractivity contribution >= 4 is 23.6 Å². The standard InChI is InChI=1S/C13H17NO5S/c1-18-9-4-3-5-10(6-9)20-8-12(15)14-7-11(19-2)13(16)17/h3-6,11H,7-8H2,1-2H3,(H,14,15)(H,16,17). The maximum absolute atomic E-state index is 11.6. The third-order valence-electron chi connectivity index (χ3n) is 2.46. The number of carbonyl (C=O) groups is 2. The van der Waals surface area contributed by atoms with Crippen molar-refractivity contribution in [2.75, 3.05) is 26.5 Å². The topological polar surface area (TPSA) is 84.9 Å². The van der Waals surface area contributed by atoms with Gasteiger partial charge in [0.25, 0.3) is 0 Å². The van der Waals surface area contributed by atoms with Crippen molar-refractivity contribution in [3.05, 3.63) is 24.3 Å². The van der Waals surface area contributed by atoms with Crippen molar-refractivity contribution in [3.63, 3.8) is 0 Å². The van der Waals surface area contributed by atoms with Crippen molar-refractivity contribution in [1.82, 2.24) is 5.32 Å². The number of methoxy groups -OCH3 is 2. The summed E-state index contributed by atoms with van der Waals surface area (Å²) in [5.74, 6) is -0.432. The summed E-state index contributed by atoms with van der Waals surface area (Å²) < 4.78 is 9.80. The highest BCUT2D eigenvalue weighted by Gasteiger charge is 2.17. The Morgan fingerprint density at radius 2 is 2.15 bits per heavy atom. The first kappa shape index (κ1) is 16.3. The quantitative estimate of drug-likeness (QED) is 0.697. The van der Waals surface area contributed by atoms with Gasteiger partial charge in [-0.3, -0.25) is 4.79 Å². The second-order valence-electron chi connectivity index (χ2n) is 3.83. The van der Waals surface area contributed by atoms with E-state index in [0.717, 1.165) is 10.6 Å². The number of aliphatic carboxylic acids is 1. The zero-order valence-electron chi connectivity index (χ0n) is 11.3. The highest BCUT2D eigenvalue weighted by Crippen LogP contribution is 2.22. The summed E-state index contributed by atoms with van der Waals surface area (Å²) in [7, 11) is 2.86. The van der Waals surface area contributed by atoms with E-state index < -0.39 is 12.1 Å². The van der Waals surface area contributed by atoms with Gasteiger partial charge in [0.15, 0.2) is 6.10 Å². The van der Waals surface area contributed by atoms with Gasteiger partial charge in [0.2, 0.25) is 5.91 Å². The van der Waals surface area contributed by atoms with Gasteiger partial charge < -0.3 is 19.9 Å². The van der Waals surface area contributed by atoms with Gasteiger partial charge in [-0.25, -0.2) is 4.79 Å². The lowest BCUT2D eigenvalue weighted by Gasteiger charge is -2.11. The zero-order chi connectivity index (χ0) is 15.0. The van der Waals surface area contributed by atoms with Crippen molar-refractivity contribution in [2.24, 2.45) is 0 Å². The fourth-order valence-corrected chi connectivity index (χ4v) is 2.14. The van der Waals surface area contributed by atoms with Crippen LogP contribution in [0.3, 0.4) is 0 Å². The summed E-state index contributed by atoms with van der Waals surface area (Å²) >= 11 is 1.35. The molecule has 0 radical (unpaired) electrons. The van der Waals surface area contributed by atoms with E-state index in [9.17, 15) is 9.59 Å². The number of carboxylic acid groups (broad SMARTS) is 1. The molecular weight excluding hydrogens is 282 g/mol. The molecule has 0 aromatic heterocycles. The number of nitrogens with one attached hydrogen (secondary N) is 1. The SMILES string of the molecule is COc1cccc(SCC(=O)NCC(OC)C(=O)O)c1. The molecule has 6 nitrogen and oxygen atoms in total. The Bertz CT molecular complexity index is 466. The average Bonchev–Trinajstić information content (AvgIpc) is 2.45. The molecule has 1 unspecified atom stereocenters. The average molecular weight is 299 g/mol. The maximum atomic E-state index is 11.6. The molecule has 0 saturated carbocycles. The lowest BCUT2D eigenvalue weighted by atomic mass is 10.3. The van der Waals surface area contributed by atoms with E-state index in [0.29, 0.717) is 0 Å². The Morgan fingerprint density at radius 1 is 1.40 bits per heavy atom. The minimum atomic E-state index is -1.10. The fraction of sp³-hybridized carbons (Fsp3) is 0.385. The van der Waals surface area contributed by atoms with Gasteiger partial charge in [0, 0.05) is 12.0 Å². The molecule has 1 rings (SSSR count). The van der Waals surface area contributed by atoms with Gasteiger partial charge in [-0.2, -0.15) is 0 Å². The number of thioether (sulfide) groups is 1. The van der Waals surface area contributed by atoms with Gasteiger partial charge >= 0.3 is 5.97 Å². The van der Waals surface area contributed by atoms with Crippen LogP contribution in [0.1, 0.15) is 0 Å². The maximum Gasteiger partial charge on any atom is 0.334 e. The second-order valence-corrected chi connectivity index (χ2v) is 4.88. The largest absolute Gasteiger partial charge is 0.497 e. The van der Waals surface area contributed by atoms with E-state index in [1.807, 2.05) is 24.3 Å². The summed E-state index contributed by atoms with van der Waals surface area (Å²) in [6.45, 7) is -0.0522. The summed E-state index contributed by atoms with van der Waals surface area (Å²) in [4.78, 5) is 23.2. The molecule has 7 heteroatoms. The molecule has 1 amide bonds.